The van der Waals surface area contributed by atoms with Gasteiger partial charge in [-0.15, -0.1) is 0 Å². The lowest BCUT2D eigenvalue weighted by Gasteiger charge is -2.38. The third-order valence-corrected chi connectivity index (χ3v) is 5.27. The second-order valence-corrected chi connectivity index (χ2v) is 6.64. The van der Waals surface area contributed by atoms with Gasteiger partial charge in [-0.1, -0.05) is 25.7 Å². The van der Waals surface area contributed by atoms with Gasteiger partial charge < -0.3 is 14.5 Å². The third-order valence-electron chi connectivity index (χ3n) is 5.27. The second-order valence-electron chi connectivity index (χ2n) is 6.64. The molecule has 2 aliphatic rings. The molecule has 0 saturated heterocycles. The summed E-state index contributed by atoms with van der Waals surface area (Å²) in [5, 5.41) is 3.28. The summed E-state index contributed by atoms with van der Waals surface area (Å²) in [6.45, 7) is 2.25. The van der Waals surface area contributed by atoms with E-state index in [1.165, 1.54) is 44.9 Å². The molecule has 3 rings (SSSR count). The van der Waals surface area contributed by atoms with Crippen LogP contribution in [0, 0.1) is 11.8 Å². The van der Waals surface area contributed by atoms with Crippen LogP contribution in [-0.4, -0.2) is 25.2 Å². The average Bonchev–Trinajstić information content (AvgIpc) is 3.00. The van der Waals surface area contributed by atoms with Crippen LogP contribution < -0.4 is 5.32 Å². The van der Waals surface area contributed by atoms with Crippen molar-refractivity contribution in [3.63, 3.8) is 0 Å². The van der Waals surface area contributed by atoms with E-state index >= 15 is 0 Å². The van der Waals surface area contributed by atoms with Gasteiger partial charge in [0, 0.05) is 19.6 Å². The smallest absolute Gasteiger partial charge is 0.208 e. The van der Waals surface area contributed by atoms with E-state index in [0.29, 0.717) is 12.5 Å². The number of rotatable bonds is 6. The summed E-state index contributed by atoms with van der Waals surface area (Å²) in [6.07, 6.45) is 11.7. The summed E-state index contributed by atoms with van der Waals surface area (Å²) >= 11 is 0. The number of hydrogen-bond acceptors (Lipinski definition) is 4. The molecule has 3 unspecified atom stereocenters. The van der Waals surface area contributed by atoms with Gasteiger partial charge in [0.25, 0.3) is 0 Å². The van der Waals surface area contributed by atoms with Crippen molar-refractivity contribution in [3.8, 4) is 0 Å². The van der Waals surface area contributed by atoms with E-state index < -0.39 is 0 Å². The van der Waals surface area contributed by atoms with Crippen LogP contribution in [0.15, 0.2) is 10.6 Å². The fourth-order valence-corrected chi connectivity index (χ4v) is 4.10. The Balaban J connectivity index is 1.51. The van der Waals surface area contributed by atoms with Gasteiger partial charge in [0.2, 0.25) is 5.89 Å². The molecule has 0 spiro atoms. The largest absolute Gasteiger partial charge is 0.444 e. The molecule has 1 aromatic rings. The number of fused-ring (bicyclic) bond motifs is 1. The van der Waals surface area contributed by atoms with Gasteiger partial charge in [-0.25, -0.2) is 4.98 Å². The van der Waals surface area contributed by atoms with Gasteiger partial charge in [0.1, 0.15) is 5.76 Å². The number of aromatic nitrogens is 1. The third kappa shape index (κ3) is 3.86. The highest BCUT2D eigenvalue weighted by atomic mass is 16.5. The molecule has 1 heterocycles. The van der Waals surface area contributed by atoms with Crippen LogP contribution >= 0.6 is 0 Å². The number of methoxy groups -OCH3 is 1. The number of oxazole rings is 1. The fourth-order valence-electron chi connectivity index (χ4n) is 4.10. The van der Waals surface area contributed by atoms with Crippen molar-refractivity contribution in [2.45, 2.75) is 57.4 Å². The topological polar surface area (TPSA) is 47.3 Å². The summed E-state index contributed by atoms with van der Waals surface area (Å²) in [5.41, 5.74) is 0. The first kappa shape index (κ1) is 15.0. The number of hydrogen-bond donors (Lipinski definition) is 1. The fraction of sp³-hybridized carbons (Fsp3) is 0.824. The first-order chi connectivity index (χ1) is 10.4. The van der Waals surface area contributed by atoms with Gasteiger partial charge in [0.05, 0.1) is 19.3 Å². The van der Waals surface area contributed by atoms with E-state index in [0.717, 1.165) is 36.6 Å². The highest BCUT2D eigenvalue weighted by Crippen LogP contribution is 2.46. The molecule has 1 aromatic heterocycles. The Morgan fingerprint density at radius 3 is 2.95 bits per heavy atom. The van der Waals surface area contributed by atoms with Crippen LogP contribution in [0.1, 0.15) is 62.5 Å². The average molecular weight is 292 g/mol. The lowest BCUT2D eigenvalue weighted by atomic mass is 9.67. The maximum atomic E-state index is 5.97. The maximum absolute atomic E-state index is 5.97. The Hall–Kier alpha value is -0.870. The van der Waals surface area contributed by atoms with E-state index in [-0.39, 0.29) is 0 Å². The van der Waals surface area contributed by atoms with E-state index in [1.54, 1.807) is 7.11 Å². The summed E-state index contributed by atoms with van der Waals surface area (Å²) in [4.78, 5) is 4.42. The molecular weight excluding hydrogens is 264 g/mol. The van der Waals surface area contributed by atoms with Gasteiger partial charge in [-0.05, 0) is 31.1 Å². The van der Waals surface area contributed by atoms with Crippen LogP contribution in [0.3, 0.4) is 0 Å². The minimum Gasteiger partial charge on any atom is -0.444 e. The van der Waals surface area contributed by atoms with E-state index in [4.69, 9.17) is 9.15 Å². The molecular formula is C17H28N2O2. The normalized spacial score (nSPS) is 29.3. The molecule has 0 aromatic carbocycles. The molecule has 2 fully saturated rings. The highest BCUT2D eigenvalue weighted by Gasteiger charge is 2.34. The van der Waals surface area contributed by atoms with Gasteiger partial charge in [-0.2, -0.15) is 0 Å². The quantitative estimate of drug-likeness (QED) is 0.815. The Bertz CT molecular complexity index is 432. The van der Waals surface area contributed by atoms with Crippen LogP contribution in [0.2, 0.25) is 0 Å². The zero-order valence-electron chi connectivity index (χ0n) is 13.1. The zero-order valence-corrected chi connectivity index (χ0v) is 13.1. The molecule has 0 radical (unpaired) electrons. The number of nitrogens with one attached hydrogen (secondary N) is 1. The first-order valence-electron chi connectivity index (χ1n) is 8.51. The standard InChI is InChI=1S/C17H28N2O2/c1-20-9-8-18-12-17-19-11-16(21-17)15-7-6-13-4-2-3-5-14(13)10-15/h11,13-15,18H,2-10,12H2,1H3. The zero-order chi connectivity index (χ0) is 14.5. The molecule has 1 N–H and O–H groups in total. The number of ether oxygens (including phenoxy) is 1. The van der Waals surface area contributed by atoms with Crippen LogP contribution in [0.4, 0.5) is 0 Å². The molecule has 0 amide bonds. The lowest BCUT2D eigenvalue weighted by molar-refractivity contribution is 0.147. The summed E-state index contributed by atoms with van der Waals surface area (Å²) in [5.74, 6) is 4.46. The minimum atomic E-state index is 0.601. The summed E-state index contributed by atoms with van der Waals surface area (Å²) in [6, 6.07) is 0. The molecule has 0 bridgehead atoms. The van der Waals surface area contributed by atoms with Crippen LogP contribution in [-0.2, 0) is 11.3 Å². The molecule has 118 valence electrons. The van der Waals surface area contributed by atoms with Gasteiger partial charge in [0.15, 0.2) is 0 Å². The predicted molar refractivity (Wildman–Crippen MR) is 82.1 cm³/mol. The summed E-state index contributed by atoms with van der Waals surface area (Å²) in [7, 11) is 1.71. The van der Waals surface area contributed by atoms with E-state index in [1.807, 2.05) is 6.20 Å². The van der Waals surface area contributed by atoms with Crippen LogP contribution in [0.25, 0.3) is 0 Å². The molecule has 3 atom stereocenters. The predicted octanol–water partition coefficient (Wildman–Crippen LogP) is 3.48. The molecule has 4 nitrogen and oxygen atoms in total. The van der Waals surface area contributed by atoms with Crippen LogP contribution in [0.5, 0.6) is 0 Å². The Labute approximate surface area is 127 Å². The van der Waals surface area contributed by atoms with Crippen molar-refractivity contribution in [2.75, 3.05) is 20.3 Å². The lowest BCUT2D eigenvalue weighted by Crippen LogP contribution is -2.26. The first-order valence-corrected chi connectivity index (χ1v) is 8.51. The van der Waals surface area contributed by atoms with Crippen molar-refractivity contribution in [3.05, 3.63) is 17.8 Å². The summed E-state index contributed by atoms with van der Waals surface area (Å²) < 4.78 is 11.0. The maximum Gasteiger partial charge on any atom is 0.208 e. The van der Waals surface area contributed by atoms with Crippen molar-refractivity contribution in [1.82, 2.24) is 10.3 Å². The molecule has 2 aliphatic carbocycles. The molecule has 2 saturated carbocycles. The molecule has 0 aliphatic heterocycles. The van der Waals surface area contributed by atoms with Crippen molar-refractivity contribution in [1.29, 1.82) is 0 Å². The second kappa shape index (κ2) is 7.41. The monoisotopic (exact) mass is 292 g/mol. The van der Waals surface area contributed by atoms with E-state index in [9.17, 15) is 0 Å². The Morgan fingerprint density at radius 1 is 1.24 bits per heavy atom. The molecule has 21 heavy (non-hydrogen) atoms. The van der Waals surface area contributed by atoms with Crippen molar-refractivity contribution in [2.24, 2.45) is 11.8 Å². The Kier molecular flexibility index (Phi) is 5.31. The Morgan fingerprint density at radius 2 is 2.10 bits per heavy atom. The van der Waals surface area contributed by atoms with E-state index in [2.05, 4.69) is 10.3 Å². The van der Waals surface area contributed by atoms with Gasteiger partial charge >= 0.3 is 0 Å². The van der Waals surface area contributed by atoms with Crippen molar-refractivity contribution >= 4 is 0 Å². The van der Waals surface area contributed by atoms with Crippen molar-refractivity contribution < 1.29 is 9.15 Å². The minimum absolute atomic E-state index is 0.601. The molecule has 4 heteroatoms. The van der Waals surface area contributed by atoms with Gasteiger partial charge in [-0.3, -0.25) is 0 Å². The highest BCUT2D eigenvalue weighted by molar-refractivity contribution is 5.05. The SMILES string of the molecule is COCCNCc1ncc(C2CCC3CCCCC3C2)o1. The number of nitrogens with zero attached hydrogens (tertiary/aromatic N) is 1.